The second kappa shape index (κ2) is 16.9. The fourth-order valence-corrected chi connectivity index (χ4v) is 4.47. The predicted octanol–water partition coefficient (Wildman–Crippen LogP) is 1.52. The van der Waals surface area contributed by atoms with E-state index >= 15 is 0 Å². The topological polar surface area (TPSA) is 173 Å². The monoisotopic (exact) mass is 630 g/mol. The maximum Gasteiger partial charge on any atom is 0.347 e. The van der Waals surface area contributed by atoms with Gasteiger partial charge in [-0.1, -0.05) is 0 Å². The third kappa shape index (κ3) is 11.9. The normalized spacial score (nSPS) is 15.5. The van der Waals surface area contributed by atoms with Crippen LogP contribution in [0.5, 0.6) is 5.88 Å². The van der Waals surface area contributed by atoms with Crippen LogP contribution in [0.1, 0.15) is 61.3 Å². The maximum atomic E-state index is 13.5. The first-order valence-corrected chi connectivity index (χ1v) is 14.8. The van der Waals surface area contributed by atoms with Crippen molar-refractivity contribution in [3.8, 4) is 5.88 Å². The van der Waals surface area contributed by atoms with E-state index < -0.39 is 53.6 Å². The van der Waals surface area contributed by atoms with Crippen molar-refractivity contribution in [3.05, 3.63) is 0 Å². The summed E-state index contributed by atoms with van der Waals surface area (Å²) in [4.78, 5) is 65.0. The van der Waals surface area contributed by atoms with Crippen molar-refractivity contribution in [2.45, 2.75) is 85.2 Å². The molecular weight excluding hydrogens is 588 g/mol. The number of aromatic nitrogens is 2. The van der Waals surface area contributed by atoms with Crippen molar-refractivity contribution < 1.29 is 52.4 Å². The number of rotatable bonds is 15. The molecule has 0 bridgehead atoms. The molecular formula is C27H42N4O11S. The number of hydrogen-bond donors (Lipinski definition) is 0. The minimum Gasteiger partial charge on any atom is -0.470 e. The van der Waals surface area contributed by atoms with Crippen molar-refractivity contribution in [1.29, 1.82) is 0 Å². The zero-order valence-electron chi connectivity index (χ0n) is 25.8. The van der Waals surface area contributed by atoms with Crippen LogP contribution in [0.3, 0.4) is 0 Å². The molecule has 1 aromatic rings. The summed E-state index contributed by atoms with van der Waals surface area (Å²) >= 11 is 0.969. The van der Waals surface area contributed by atoms with Gasteiger partial charge in [0.15, 0.2) is 18.3 Å². The van der Waals surface area contributed by atoms with Gasteiger partial charge >= 0.3 is 23.9 Å². The molecule has 1 aliphatic rings. The van der Waals surface area contributed by atoms with Gasteiger partial charge in [0.05, 0.1) is 50.9 Å². The summed E-state index contributed by atoms with van der Waals surface area (Å²) in [6.07, 6.45) is -3.86. The first-order valence-electron chi connectivity index (χ1n) is 14.0. The number of hydrogen-bond acceptors (Lipinski definition) is 15. The van der Waals surface area contributed by atoms with E-state index in [2.05, 4.69) is 8.75 Å². The Balaban J connectivity index is 2.21. The second-order valence-electron chi connectivity index (χ2n) is 10.7. The van der Waals surface area contributed by atoms with Gasteiger partial charge in [-0.05, 0) is 41.5 Å². The third-order valence-corrected chi connectivity index (χ3v) is 6.57. The molecule has 242 valence electrons. The van der Waals surface area contributed by atoms with E-state index in [1.54, 1.807) is 27.7 Å². The first kappa shape index (κ1) is 35.7. The minimum absolute atomic E-state index is 0.140. The van der Waals surface area contributed by atoms with Crippen LogP contribution < -0.4 is 9.64 Å². The average Bonchev–Trinajstić information content (AvgIpc) is 3.41. The molecule has 1 amide bonds. The largest absolute Gasteiger partial charge is 0.470 e. The fourth-order valence-electron chi connectivity index (χ4n) is 3.95. The van der Waals surface area contributed by atoms with Gasteiger partial charge in [-0.25, -0.2) is 4.79 Å². The van der Waals surface area contributed by atoms with Gasteiger partial charge in [-0.3, -0.25) is 19.2 Å². The Hall–Kier alpha value is -3.53. The molecule has 1 aliphatic heterocycles. The molecule has 1 aromatic heterocycles. The average molecular weight is 631 g/mol. The molecule has 0 radical (unpaired) electrons. The first-order chi connectivity index (χ1) is 20.2. The van der Waals surface area contributed by atoms with E-state index in [1.807, 2.05) is 4.90 Å². The third-order valence-electron chi connectivity index (χ3n) is 6.07. The number of morpholine rings is 1. The Bertz CT molecular complexity index is 1100. The lowest BCUT2D eigenvalue weighted by Gasteiger charge is -2.39. The van der Waals surface area contributed by atoms with Crippen LogP contribution in [-0.4, -0.2) is 113 Å². The SMILES string of the molecule is CCOC(=O)CCC(=O)O[C@H](COc1nsnc1N1CCOCC1)CN(C(=O)C(C)OC(=O)C(C)OC(C)=O)C(C)(C)C. The highest BCUT2D eigenvalue weighted by atomic mass is 32.1. The summed E-state index contributed by atoms with van der Waals surface area (Å²) in [5.41, 5.74) is -0.810. The number of carbonyl (C=O) groups excluding carboxylic acids is 5. The lowest BCUT2D eigenvalue weighted by Crippen LogP contribution is -2.54. The standard InChI is InChI=1S/C27H42N4O11S/c1-8-38-21(33)9-10-22(34)42-20(16-39-24-23(28-43-29-24)30-11-13-37-14-12-30)15-31(27(5,6)7)25(35)17(2)41-26(36)18(3)40-19(4)32/h17-18,20H,8-16H2,1-7H3/t17?,18?,20-/m0/s1. The van der Waals surface area contributed by atoms with Crippen LogP contribution in [0, 0.1) is 0 Å². The van der Waals surface area contributed by atoms with Crippen molar-refractivity contribution in [3.63, 3.8) is 0 Å². The summed E-state index contributed by atoms with van der Waals surface area (Å²) in [5.74, 6) is -2.58. The Kier molecular flexibility index (Phi) is 14.0. The number of nitrogens with zero attached hydrogens (tertiary/aromatic N) is 4. The molecule has 2 rings (SSSR count). The minimum atomic E-state index is -1.25. The van der Waals surface area contributed by atoms with Crippen molar-refractivity contribution in [2.75, 3.05) is 51.0 Å². The van der Waals surface area contributed by atoms with E-state index in [4.69, 9.17) is 28.4 Å². The molecule has 0 spiro atoms. The van der Waals surface area contributed by atoms with Gasteiger partial charge in [0, 0.05) is 25.6 Å². The highest BCUT2D eigenvalue weighted by Crippen LogP contribution is 2.27. The van der Waals surface area contributed by atoms with Crippen LogP contribution >= 0.6 is 11.7 Å². The molecule has 0 saturated carbocycles. The molecule has 0 N–H and O–H groups in total. The number of ether oxygens (including phenoxy) is 6. The lowest BCUT2D eigenvalue weighted by atomic mass is 10.0. The quantitative estimate of drug-likeness (QED) is 0.202. The van der Waals surface area contributed by atoms with Gasteiger partial charge in [0.1, 0.15) is 6.61 Å². The number of anilines is 1. The molecule has 43 heavy (non-hydrogen) atoms. The van der Waals surface area contributed by atoms with Crippen LogP contribution in [0.4, 0.5) is 5.82 Å². The molecule has 3 atom stereocenters. The van der Waals surface area contributed by atoms with E-state index in [0.29, 0.717) is 32.1 Å². The van der Waals surface area contributed by atoms with Crippen LogP contribution in [0.15, 0.2) is 0 Å². The zero-order chi connectivity index (χ0) is 32.2. The Morgan fingerprint density at radius 1 is 0.977 bits per heavy atom. The predicted molar refractivity (Wildman–Crippen MR) is 152 cm³/mol. The van der Waals surface area contributed by atoms with Crippen molar-refractivity contribution in [1.82, 2.24) is 13.6 Å². The van der Waals surface area contributed by atoms with E-state index in [-0.39, 0.29) is 38.5 Å². The lowest BCUT2D eigenvalue weighted by molar-refractivity contribution is -0.174. The number of carbonyl (C=O) groups is 5. The second-order valence-corrected chi connectivity index (χ2v) is 11.2. The fraction of sp³-hybridized carbons (Fsp3) is 0.741. The van der Waals surface area contributed by atoms with Gasteiger partial charge in [-0.15, -0.1) is 4.37 Å². The van der Waals surface area contributed by atoms with Gasteiger partial charge in [0.2, 0.25) is 5.82 Å². The molecule has 16 heteroatoms. The molecule has 2 heterocycles. The van der Waals surface area contributed by atoms with Gasteiger partial charge in [0.25, 0.3) is 11.8 Å². The Morgan fingerprint density at radius 3 is 2.23 bits per heavy atom. The summed E-state index contributed by atoms with van der Waals surface area (Å²) in [7, 11) is 0. The summed E-state index contributed by atoms with van der Waals surface area (Å²) in [5, 5.41) is 0. The van der Waals surface area contributed by atoms with Crippen LogP contribution in [-0.2, 0) is 47.7 Å². The Labute approximate surface area is 255 Å². The smallest absolute Gasteiger partial charge is 0.347 e. The highest BCUT2D eigenvalue weighted by molar-refractivity contribution is 6.99. The van der Waals surface area contributed by atoms with Crippen molar-refractivity contribution >= 4 is 47.3 Å². The maximum absolute atomic E-state index is 13.5. The van der Waals surface area contributed by atoms with Gasteiger partial charge in [-0.2, -0.15) is 4.37 Å². The highest BCUT2D eigenvalue weighted by Gasteiger charge is 2.36. The van der Waals surface area contributed by atoms with Crippen molar-refractivity contribution in [2.24, 2.45) is 0 Å². The van der Waals surface area contributed by atoms with E-state index in [9.17, 15) is 24.0 Å². The van der Waals surface area contributed by atoms with E-state index in [1.165, 1.54) is 18.7 Å². The molecule has 0 aromatic carbocycles. The molecule has 0 aliphatic carbocycles. The van der Waals surface area contributed by atoms with Crippen LogP contribution in [0.2, 0.25) is 0 Å². The van der Waals surface area contributed by atoms with Gasteiger partial charge < -0.3 is 38.2 Å². The number of amides is 1. The van der Waals surface area contributed by atoms with E-state index in [0.717, 1.165) is 18.7 Å². The summed E-state index contributed by atoms with van der Waals surface area (Å²) < 4.78 is 40.6. The summed E-state index contributed by atoms with van der Waals surface area (Å²) in [6, 6.07) is 0. The molecule has 1 saturated heterocycles. The Morgan fingerprint density at radius 2 is 1.63 bits per heavy atom. The summed E-state index contributed by atoms with van der Waals surface area (Å²) in [6.45, 7) is 13.0. The molecule has 15 nitrogen and oxygen atoms in total. The number of esters is 4. The zero-order valence-corrected chi connectivity index (χ0v) is 26.6. The molecule has 1 fully saturated rings. The molecule has 2 unspecified atom stereocenters. The van der Waals surface area contributed by atoms with Crippen LogP contribution in [0.25, 0.3) is 0 Å².